The van der Waals surface area contributed by atoms with E-state index in [0.717, 1.165) is 17.1 Å². The maximum Gasteiger partial charge on any atom is 0.210 e. The fourth-order valence-electron chi connectivity index (χ4n) is 4.29. The van der Waals surface area contributed by atoms with Crippen LogP contribution in [-0.2, 0) is 5.41 Å². The van der Waals surface area contributed by atoms with Crippen LogP contribution in [0.4, 0.5) is 5.69 Å². The third-order valence-corrected chi connectivity index (χ3v) is 5.70. The first kappa shape index (κ1) is 18.3. The molecule has 1 aliphatic heterocycles. The van der Waals surface area contributed by atoms with E-state index in [2.05, 4.69) is 74.0 Å². The lowest BCUT2D eigenvalue weighted by molar-refractivity contribution is -0.401. The summed E-state index contributed by atoms with van der Waals surface area (Å²) in [5.74, 6) is 1.58. The lowest BCUT2D eigenvalue weighted by Gasteiger charge is -2.17. The second-order valence-electron chi connectivity index (χ2n) is 7.73. The van der Waals surface area contributed by atoms with E-state index in [4.69, 9.17) is 9.47 Å². The summed E-state index contributed by atoms with van der Waals surface area (Å²) in [4.78, 5) is 0. The summed E-state index contributed by atoms with van der Waals surface area (Å²) < 4.78 is 13.1. The van der Waals surface area contributed by atoms with Crippen molar-refractivity contribution in [3.63, 3.8) is 0 Å². The fraction of sp³-hybridized carbons (Fsp3) is 0.240. The van der Waals surface area contributed by atoms with Gasteiger partial charge in [0.2, 0.25) is 5.69 Å². The molecular weight excluding hydrogens is 346 g/mol. The van der Waals surface area contributed by atoms with Crippen LogP contribution in [0.5, 0.6) is 11.5 Å². The lowest BCUT2D eigenvalue weighted by Crippen LogP contribution is -2.26. The molecule has 0 saturated heterocycles. The molecule has 0 unspecified atom stereocenters. The number of methoxy groups -OCH3 is 2. The third kappa shape index (κ3) is 2.88. The Morgan fingerprint density at radius 1 is 0.857 bits per heavy atom. The van der Waals surface area contributed by atoms with Gasteiger partial charge in [-0.1, -0.05) is 24.3 Å². The smallest absolute Gasteiger partial charge is 0.210 e. The van der Waals surface area contributed by atoms with Gasteiger partial charge in [-0.2, -0.15) is 4.58 Å². The standard InChI is InChI=1S/C25H26NO2/c1-25(2)23(13-10-17-14-19(27-4)16-20(15-17)28-5)26(3)22-12-11-18-8-6-7-9-21(18)24(22)25/h6-16H,1-5H3/q+1/b13-10+. The molecule has 0 spiro atoms. The van der Waals surface area contributed by atoms with E-state index < -0.39 is 0 Å². The molecule has 0 fully saturated rings. The van der Waals surface area contributed by atoms with Crippen molar-refractivity contribution in [1.82, 2.24) is 0 Å². The summed E-state index contributed by atoms with van der Waals surface area (Å²) in [7, 11) is 5.49. The number of fused-ring (bicyclic) bond motifs is 3. The Labute approximate surface area is 166 Å². The van der Waals surface area contributed by atoms with Crippen molar-refractivity contribution in [3.8, 4) is 11.5 Å². The van der Waals surface area contributed by atoms with Gasteiger partial charge >= 0.3 is 0 Å². The highest BCUT2D eigenvalue weighted by atomic mass is 16.5. The molecule has 142 valence electrons. The van der Waals surface area contributed by atoms with Crippen LogP contribution < -0.4 is 9.47 Å². The normalized spacial score (nSPS) is 15.3. The quantitative estimate of drug-likeness (QED) is 0.558. The van der Waals surface area contributed by atoms with Crippen molar-refractivity contribution in [2.45, 2.75) is 19.3 Å². The van der Waals surface area contributed by atoms with Crippen molar-refractivity contribution in [3.05, 3.63) is 71.8 Å². The van der Waals surface area contributed by atoms with Gasteiger partial charge in [-0.15, -0.1) is 0 Å². The molecule has 0 N–H and O–H groups in total. The van der Waals surface area contributed by atoms with E-state index in [9.17, 15) is 0 Å². The Balaban J connectivity index is 1.80. The summed E-state index contributed by atoms with van der Waals surface area (Å²) in [5.41, 5.74) is 4.88. The zero-order valence-corrected chi connectivity index (χ0v) is 17.1. The highest BCUT2D eigenvalue weighted by Gasteiger charge is 2.44. The zero-order chi connectivity index (χ0) is 19.9. The van der Waals surface area contributed by atoms with Crippen molar-refractivity contribution in [1.29, 1.82) is 0 Å². The number of ether oxygens (including phenoxy) is 2. The van der Waals surface area contributed by atoms with Gasteiger partial charge in [0.25, 0.3) is 0 Å². The van der Waals surface area contributed by atoms with Crippen LogP contribution in [0.15, 0.2) is 60.7 Å². The van der Waals surface area contributed by atoms with E-state index in [0.29, 0.717) is 0 Å². The molecule has 0 aromatic heterocycles. The number of benzene rings is 3. The summed E-state index contributed by atoms with van der Waals surface area (Å²) in [5, 5.41) is 2.61. The molecule has 0 saturated carbocycles. The Morgan fingerprint density at radius 3 is 2.21 bits per heavy atom. The SMILES string of the molecule is COc1cc(/C=C/C2=[N+](C)c3ccc4ccccc4c3C2(C)C)cc(OC)c1. The van der Waals surface area contributed by atoms with Crippen molar-refractivity contribution in [2.75, 3.05) is 21.3 Å². The molecule has 0 aliphatic carbocycles. The molecule has 1 aliphatic rings. The lowest BCUT2D eigenvalue weighted by atomic mass is 9.79. The van der Waals surface area contributed by atoms with Gasteiger partial charge < -0.3 is 9.47 Å². The number of rotatable bonds is 4. The average molecular weight is 372 g/mol. The molecule has 3 nitrogen and oxygen atoms in total. The molecule has 4 rings (SSSR count). The molecule has 3 heteroatoms. The maximum absolute atomic E-state index is 5.40. The summed E-state index contributed by atoms with van der Waals surface area (Å²) in [6, 6.07) is 19.0. The van der Waals surface area contributed by atoms with Gasteiger partial charge in [-0.05, 0) is 54.5 Å². The Morgan fingerprint density at radius 2 is 1.54 bits per heavy atom. The van der Waals surface area contributed by atoms with Crippen LogP contribution in [0, 0.1) is 0 Å². The monoisotopic (exact) mass is 372 g/mol. The second kappa shape index (κ2) is 6.83. The summed E-state index contributed by atoms with van der Waals surface area (Å²) in [6.45, 7) is 4.60. The maximum atomic E-state index is 5.40. The molecule has 0 bridgehead atoms. The van der Waals surface area contributed by atoms with Crippen molar-refractivity contribution in [2.24, 2.45) is 0 Å². The van der Waals surface area contributed by atoms with Gasteiger partial charge in [-0.25, -0.2) is 0 Å². The van der Waals surface area contributed by atoms with Crippen LogP contribution >= 0.6 is 0 Å². The van der Waals surface area contributed by atoms with Gasteiger partial charge in [-0.3, -0.25) is 0 Å². The molecule has 0 radical (unpaired) electrons. The van der Waals surface area contributed by atoms with Crippen LogP contribution in [0.2, 0.25) is 0 Å². The van der Waals surface area contributed by atoms with E-state index >= 15 is 0 Å². The number of hydrogen-bond acceptors (Lipinski definition) is 2. The molecule has 1 heterocycles. The zero-order valence-electron chi connectivity index (χ0n) is 17.1. The highest BCUT2D eigenvalue weighted by Crippen LogP contribution is 2.43. The Kier molecular flexibility index (Phi) is 4.46. The van der Waals surface area contributed by atoms with Crippen molar-refractivity contribution < 1.29 is 14.0 Å². The molecule has 0 atom stereocenters. The van der Waals surface area contributed by atoms with Gasteiger partial charge in [0.05, 0.1) is 19.6 Å². The Bertz CT molecular complexity index is 1100. The number of hydrogen-bond donors (Lipinski definition) is 0. The predicted octanol–water partition coefficient (Wildman–Crippen LogP) is 5.58. The first-order chi connectivity index (χ1) is 13.5. The largest absolute Gasteiger partial charge is 0.497 e. The minimum Gasteiger partial charge on any atom is -0.497 e. The molecule has 0 amide bonds. The van der Waals surface area contributed by atoms with E-state index in [-0.39, 0.29) is 5.41 Å². The van der Waals surface area contributed by atoms with Crippen LogP contribution in [0.25, 0.3) is 16.8 Å². The molecule has 3 aromatic carbocycles. The third-order valence-electron chi connectivity index (χ3n) is 5.70. The van der Waals surface area contributed by atoms with Gasteiger partial charge in [0, 0.05) is 23.8 Å². The molecule has 3 aromatic rings. The first-order valence-corrected chi connectivity index (χ1v) is 9.50. The summed E-state index contributed by atoms with van der Waals surface area (Å²) in [6.07, 6.45) is 4.34. The second-order valence-corrected chi connectivity index (χ2v) is 7.73. The van der Waals surface area contributed by atoms with Crippen molar-refractivity contribution >= 4 is 28.2 Å². The van der Waals surface area contributed by atoms with E-state index in [1.165, 1.54) is 27.7 Å². The highest BCUT2D eigenvalue weighted by molar-refractivity contribution is 6.09. The molecular formula is C25H26NO2+. The predicted molar refractivity (Wildman–Crippen MR) is 116 cm³/mol. The minimum atomic E-state index is -0.0929. The Hall–Kier alpha value is -3.07. The number of nitrogens with zero attached hydrogens (tertiary/aromatic N) is 1. The minimum absolute atomic E-state index is 0.0929. The van der Waals surface area contributed by atoms with Crippen LogP contribution in [-0.4, -0.2) is 31.6 Å². The first-order valence-electron chi connectivity index (χ1n) is 9.50. The average Bonchev–Trinajstić information content (AvgIpc) is 2.91. The van der Waals surface area contributed by atoms with E-state index in [1.54, 1.807) is 14.2 Å². The van der Waals surface area contributed by atoms with Crippen LogP contribution in [0.3, 0.4) is 0 Å². The van der Waals surface area contributed by atoms with Crippen LogP contribution in [0.1, 0.15) is 25.0 Å². The summed E-state index contributed by atoms with van der Waals surface area (Å²) >= 11 is 0. The topological polar surface area (TPSA) is 21.5 Å². The fourth-order valence-corrected chi connectivity index (χ4v) is 4.29. The molecule has 28 heavy (non-hydrogen) atoms. The van der Waals surface area contributed by atoms with E-state index in [1.807, 2.05) is 18.2 Å². The van der Waals surface area contributed by atoms with Gasteiger partial charge in [0.1, 0.15) is 18.5 Å². The van der Waals surface area contributed by atoms with Gasteiger partial charge in [0.15, 0.2) is 5.71 Å². The number of allylic oxidation sites excluding steroid dienone is 1.